The Labute approximate surface area is 123 Å². The molecule has 0 bridgehead atoms. The van der Waals surface area contributed by atoms with E-state index in [0.717, 1.165) is 16.6 Å². The van der Waals surface area contributed by atoms with Crippen LogP contribution >= 0.6 is 15.9 Å². The Bertz CT molecular complexity index is 397. The van der Waals surface area contributed by atoms with Crippen LogP contribution < -0.4 is 5.73 Å². The van der Waals surface area contributed by atoms with E-state index in [2.05, 4.69) is 28.0 Å². The van der Waals surface area contributed by atoms with E-state index in [1.54, 1.807) is 13.3 Å². The molecule has 2 unspecified atom stereocenters. The lowest BCUT2D eigenvalue weighted by Gasteiger charge is -2.34. The maximum Gasteiger partial charge on any atom is 0.0859 e. The maximum atomic E-state index is 6.43. The van der Waals surface area contributed by atoms with E-state index in [0.29, 0.717) is 19.8 Å². The molecule has 0 aromatic carbocycles. The SMILES string of the molecule is CCOC(C)(CC)C(N)c1c(Br)cnn1CCOC. The monoisotopic (exact) mass is 333 g/mol. The molecule has 1 rings (SSSR count). The molecule has 0 spiro atoms. The van der Waals surface area contributed by atoms with Crippen LogP contribution in [0.15, 0.2) is 10.7 Å². The van der Waals surface area contributed by atoms with E-state index >= 15 is 0 Å². The minimum atomic E-state index is -0.401. The van der Waals surface area contributed by atoms with Gasteiger partial charge in [0, 0.05) is 13.7 Å². The van der Waals surface area contributed by atoms with Gasteiger partial charge in [0.1, 0.15) is 0 Å². The van der Waals surface area contributed by atoms with Gasteiger partial charge in [0.2, 0.25) is 0 Å². The molecule has 2 N–H and O–H groups in total. The number of nitrogens with two attached hydrogens (primary N) is 1. The van der Waals surface area contributed by atoms with Gasteiger partial charge >= 0.3 is 0 Å². The molecular formula is C13H24BrN3O2. The van der Waals surface area contributed by atoms with Crippen molar-refractivity contribution in [2.45, 2.75) is 45.4 Å². The Morgan fingerprint density at radius 1 is 1.53 bits per heavy atom. The van der Waals surface area contributed by atoms with Crippen molar-refractivity contribution in [2.24, 2.45) is 5.73 Å². The number of halogens is 1. The number of hydrogen-bond donors (Lipinski definition) is 1. The lowest BCUT2D eigenvalue weighted by molar-refractivity contribution is -0.0493. The molecule has 0 fully saturated rings. The molecule has 1 heterocycles. The van der Waals surface area contributed by atoms with Gasteiger partial charge in [0.15, 0.2) is 0 Å². The summed E-state index contributed by atoms with van der Waals surface area (Å²) in [5.74, 6) is 0. The van der Waals surface area contributed by atoms with Crippen LogP contribution in [0.5, 0.6) is 0 Å². The third-order valence-corrected chi connectivity index (χ3v) is 4.08. The van der Waals surface area contributed by atoms with Crippen LogP contribution in [0.25, 0.3) is 0 Å². The maximum absolute atomic E-state index is 6.43. The van der Waals surface area contributed by atoms with Crippen LogP contribution in [0.2, 0.25) is 0 Å². The Balaban J connectivity index is 3.02. The summed E-state index contributed by atoms with van der Waals surface area (Å²) in [6.07, 6.45) is 2.61. The van der Waals surface area contributed by atoms with E-state index < -0.39 is 5.60 Å². The average Bonchev–Trinajstić information content (AvgIpc) is 2.76. The minimum Gasteiger partial charge on any atom is -0.383 e. The van der Waals surface area contributed by atoms with Gasteiger partial charge in [-0.05, 0) is 36.2 Å². The second-order valence-electron chi connectivity index (χ2n) is 4.67. The standard InChI is InChI=1S/C13H24BrN3O2/c1-5-13(3,19-6-2)12(15)11-10(14)9-16-17(11)7-8-18-4/h9,12H,5-8,15H2,1-4H3. The number of methoxy groups -OCH3 is 1. The fraction of sp³-hybridized carbons (Fsp3) is 0.769. The summed E-state index contributed by atoms with van der Waals surface area (Å²) in [5.41, 5.74) is 6.98. The first kappa shape index (κ1) is 16.6. The van der Waals surface area contributed by atoms with Crippen LogP contribution in [0.3, 0.4) is 0 Å². The molecule has 0 aliphatic carbocycles. The second kappa shape index (κ2) is 7.38. The number of ether oxygens (including phenoxy) is 2. The van der Waals surface area contributed by atoms with Crippen LogP contribution in [0, 0.1) is 0 Å². The van der Waals surface area contributed by atoms with Crippen molar-refractivity contribution in [1.82, 2.24) is 9.78 Å². The predicted molar refractivity (Wildman–Crippen MR) is 79.1 cm³/mol. The summed E-state index contributed by atoms with van der Waals surface area (Å²) in [6, 6.07) is -0.244. The van der Waals surface area contributed by atoms with Gasteiger partial charge in [-0.2, -0.15) is 5.10 Å². The zero-order valence-corrected chi connectivity index (χ0v) is 13.7. The van der Waals surface area contributed by atoms with Crippen molar-refractivity contribution in [3.05, 3.63) is 16.4 Å². The molecule has 19 heavy (non-hydrogen) atoms. The van der Waals surface area contributed by atoms with Crippen LogP contribution in [-0.2, 0) is 16.0 Å². The first-order valence-electron chi connectivity index (χ1n) is 6.59. The number of rotatable bonds is 8. The normalized spacial score (nSPS) is 16.3. The third-order valence-electron chi connectivity index (χ3n) is 3.47. The van der Waals surface area contributed by atoms with Crippen molar-refractivity contribution >= 4 is 15.9 Å². The van der Waals surface area contributed by atoms with E-state index in [-0.39, 0.29) is 6.04 Å². The Kier molecular flexibility index (Phi) is 6.46. The van der Waals surface area contributed by atoms with Crippen molar-refractivity contribution in [3.63, 3.8) is 0 Å². The zero-order valence-electron chi connectivity index (χ0n) is 12.1. The van der Waals surface area contributed by atoms with E-state index in [1.807, 2.05) is 18.5 Å². The molecule has 1 aromatic heterocycles. The highest BCUT2D eigenvalue weighted by Gasteiger charge is 2.35. The molecule has 5 nitrogen and oxygen atoms in total. The Morgan fingerprint density at radius 3 is 2.74 bits per heavy atom. The molecule has 1 aromatic rings. The minimum absolute atomic E-state index is 0.244. The molecule has 6 heteroatoms. The van der Waals surface area contributed by atoms with Crippen molar-refractivity contribution < 1.29 is 9.47 Å². The largest absolute Gasteiger partial charge is 0.383 e. The highest BCUT2D eigenvalue weighted by Crippen LogP contribution is 2.33. The molecule has 0 aliphatic heterocycles. The quantitative estimate of drug-likeness (QED) is 0.793. The van der Waals surface area contributed by atoms with Gasteiger partial charge < -0.3 is 15.2 Å². The molecule has 0 saturated carbocycles. The molecular weight excluding hydrogens is 310 g/mol. The molecule has 0 saturated heterocycles. The Morgan fingerprint density at radius 2 is 2.21 bits per heavy atom. The Hall–Kier alpha value is -0.430. The molecule has 2 atom stereocenters. The lowest BCUT2D eigenvalue weighted by atomic mass is 9.91. The fourth-order valence-corrected chi connectivity index (χ4v) is 2.61. The van der Waals surface area contributed by atoms with E-state index in [1.165, 1.54) is 0 Å². The summed E-state index contributed by atoms with van der Waals surface area (Å²) in [4.78, 5) is 0. The van der Waals surface area contributed by atoms with Crippen LogP contribution in [-0.4, -0.2) is 35.7 Å². The fourth-order valence-electron chi connectivity index (χ4n) is 2.07. The van der Waals surface area contributed by atoms with Gasteiger partial charge in [0.05, 0.1) is 41.2 Å². The highest BCUT2D eigenvalue weighted by molar-refractivity contribution is 9.10. The van der Waals surface area contributed by atoms with Gasteiger partial charge in [-0.3, -0.25) is 4.68 Å². The first-order chi connectivity index (χ1) is 9.00. The van der Waals surface area contributed by atoms with Crippen molar-refractivity contribution in [2.75, 3.05) is 20.3 Å². The zero-order chi connectivity index (χ0) is 14.5. The van der Waals surface area contributed by atoms with Gasteiger partial charge in [-0.15, -0.1) is 0 Å². The number of aromatic nitrogens is 2. The summed E-state index contributed by atoms with van der Waals surface area (Å²) < 4.78 is 13.8. The molecule has 0 aliphatic rings. The van der Waals surface area contributed by atoms with Gasteiger partial charge in [-0.1, -0.05) is 6.92 Å². The number of nitrogens with zero attached hydrogens (tertiary/aromatic N) is 2. The summed E-state index contributed by atoms with van der Waals surface area (Å²) in [6.45, 7) is 8.03. The second-order valence-corrected chi connectivity index (χ2v) is 5.52. The summed E-state index contributed by atoms with van der Waals surface area (Å²) in [5, 5.41) is 4.34. The molecule has 0 radical (unpaired) electrons. The third kappa shape index (κ3) is 3.78. The summed E-state index contributed by atoms with van der Waals surface area (Å²) >= 11 is 3.52. The van der Waals surface area contributed by atoms with E-state index in [4.69, 9.17) is 15.2 Å². The van der Waals surface area contributed by atoms with Crippen molar-refractivity contribution in [3.8, 4) is 0 Å². The average molecular weight is 334 g/mol. The predicted octanol–water partition coefficient (Wildman–Crippen LogP) is 2.50. The van der Waals surface area contributed by atoms with Gasteiger partial charge in [-0.25, -0.2) is 0 Å². The van der Waals surface area contributed by atoms with Crippen molar-refractivity contribution in [1.29, 1.82) is 0 Å². The van der Waals surface area contributed by atoms with Crippen LogP contribution in [0.1, 0.15) is 38.9 Å². The topological polar surface area (TPSA) is 62.3 Å². The number of hydrogen-bond acceptors (Lipinski definition) is 4. The molecule has 110 valence electrons. The molecule has 0 amide bonds. The lowest BCUT2D eigenvalue weighted by Crippen LogP contribution is -2.42. The van der Waals surface area contributed by atoms with Crippen LogP contribution in [0.4, 0.5) is 0 Å². The first-order valence-corrected chi connectivity index (χ1v) is 7.39. The van der Waals surface area contributed by atoms with E-state index in [9.17, 15) is 0 Å². The smallest absolute Gasteiger partial charge is 0.0859 e. The highest BCUT2D eigenvalue weighted by atomic mass is 79.9. The van der Waals surface area contributed by atoms with Gasteiger partial charge in [0.25, 0.3) is 0 Å². The summed E-state index contributed by atoms with van der Waals surface area (Å²) in [7, 11) is 1.68.